The molecule has 2 unspecified atom stereocenters. The van der Waals surface area contributed by atoms with Crippen molar-refractivity contribution in [1.29, 1.82) is 0 Å². The Kier molecular flexibility index (Phi) is 4.63. The van der Waals surface area contributed by atoms with Crippen LogP contribution in [0.15, 0.2) is 24.3 Å². The van der Waals surface area contributed by atoms with Gasteiger partial charge >= 0.3 is 0 Å². The van der Waals surface area contributed by atoms with Gasteiger partial charge in [0.25, 0.3) is 0 Å². The van der Waals surface area contributed by atoms with Gasteiger partial charge in [-0.15, -0.1) is 0 Å². The molecule has 0 aliphatic carbocycles. The van der Waals surface area contributed by atoms with Gasteiger partial charge in [-0.3, -0.25) is 0 Å². The summed E-state index contributed by atoms with van der Waals surface area (Å²) < 4.78 is 5.14. The summed E-state index contributed by atoms with van der Waals surface area (Å²) in [5, 5.41) is 0. The molecule has 15 heavy (non-hydrogen) atoms. The van der Waals surface area contributed by atoms with Crippen LogP contribution in [-0.2, 0) is 0 Å². The number of hydrogen-bond acceptors (Lipinski definition) is 2. The molecule has 0 fully saturated rings. The van der Waals surface area contributed by atoms with Crippen molar-refractivity contribution in [1.82, 2.24) is 0 Å². The minimum Gasteiger partial charge on any atom is -0.497 e. The molecule has 0 saturated carbocycles. The van der Waals surface area contributed by atoms with E-state index in [0.29, 0.717) is 11.8 Å². The molecule has 0 bridgehead atoms. The van der Waals surface area contributed by atoms with Gasteiger partial charge in [-0.2, -0.15) is 0 Å². The summed E-state index contributed by atoms with van der Waals surface area (Å²) in [6, 6.07) is 8.30. The van der Waals surface area contributed by atoms with Gasteiger partial charge in [-0.05, 0) is 42.5 Å². The van der Waals surface area contributed by atoms with Crippen LogP contribution in [0.1, 0.15) is 31.7 Å². The van der Waals surface area contributed by atoms with E-state index in [2.05, 4.69) is 26.0 Å². The molecule has 2 N–H and O–H groups in total. The second-order valence-electron chi connectivity index (χ2n) is 4.12. The Balaban J connectivity index is 2.69. The van der Waals surface area contributed by atoms with Crippen LogP contribution in [0.5, 0.6) is 5.75 Å². The Hall–Kier alpha value is -1.02. The Labute approximate surface area is 92.4 Å². The number of nitrogens with two attached hydrogens (primary N) is 1. The van der Waals surface area contributed by atoms with Crippen LogP contribution < -0.4 is 10.5 Å². The molecule has 0 aliphatic heterocycles. The highest BCUT2D eigenvalue weighted by Gasteiger charge is 2.13. The molecule has 1 aromatic carbocycles. The summed E-state index contributed by atoms with van der Waals surface area (Å²) in [6.07, 6.45) is 1.08. The van der Waals surface area contributed by atoms with Crippen molar-refractivity contribution >= 4 is 0 Å². The van der Waals surface area contributed by atoms with Crippen LogP contribution in [0, 0.1) is 5.92 Å². The number of hydrogen-bond donors (Lipinski definition) is 1. The van der Waals surface area contributed by atoms with E-state index >= 15 is 0 Å². The molecule has 2 nitrogen and oxygen atoms in total. The summed E-state index contributed by atoms with van der Waals surface area (Å²) in [5.74, 6) is 2.10. The molecule has 1 aromatic rings. The fourth-order valence-electron chi connectivity index (χ4n) is 1.75. The first-order chi connectivity index (χ1) is 7.19. The van der Waals surface area contributed by atoms with Gasteiger partial charge in [0.1, 0.15) is 5.75 Å². The standard InChI is InChI=1S/C13H21NO/c1-10(8-9-14)11(2)12-4-6-13(15-3)7-5-12/h4-7,10-11H,8-9,14H2,1-3H3. The molecule has 0 heterocycles. The van der Waals surface area contributed by atoms with Gasteiger partial charge in [0.15, 0.2) is 0 Å². The summed E-state index contributed by atoms with van der Waals surface area (Å²) in [4.78, 5) is 0. The first-order valence-corrected chi connectivity index (χ1v) is 5.53. The highest BCUT2D eigenvalue weighted by Crippen LogP contribution is 2.27. The Morgan fingerprint density at radius 3 is 2.27 bits per heavy atom. The molecule has 0 amide bonds. The minimum absolute atomic E-state index is 0.555. The van der Waals surface area contributed by atoms with Gasteiger partial charge in [-0.25, -0.2) is 0 Å². The molecule has 2 atom stereocenters. The monoisotopic (exact) mass is 207 g/mol. The minimum atomic E-state index is 0.555. The normalized spacial score (nSPS) is 14.7. The van der Waals surface area contributed by atoms with Gasteiger partial charge in [0.05, 0.1) is 7.11 Å². The van der Waals surface area contributed by atoms with E-state index < -0.39 is 0 Å². The zero-order valence-corrected chi connectivity index (χ0v) is 9.86. The summed E-state index contributed by atoms with van der Waals surface area (Å²) >= 11 is 0. The van der Waals surface area contributed by atoms with Crippen molar-refractivity contribution in [3.63, 3.8) is 0 Å². The maximum atomic E-state index is 5.57. The number of ether oxygens (including phenoxy) is 1. The lowest BCUT2D eigenvalue weighted by Crippen LogP contribution is -2.11. The van der Waals surface area contributed by atoms with Gasteiger partial charge in [0.2, 0.25) is 0 Å². The third kappa shape index (κ3) is 3.24. The first kappa shape index (κ1) is 12.1. The van der Waals surface area contributed by atoms with E-state index in [4.69, 9.17) is 10.5 Å². The summed E-state index contributed by atoms with van der Waals surface area (Å²) in [6.45, 7) is 5.27. The lowest BCUT2D eigenvalue weighted by Gasteiger charge is -2.19. The maximum Gasteiger partial charge on any atom is 0.118 e. The number of benzene rings is 1. The summed E-state index contributed by atoms with van der Waals surface area (Å²) in [7, 11) is 1.69. The fourth-order valence-corrected chi connectivity index (χ4v) is 1.75. The molecule has 2 heteroatoms. The topological polar surface area (TPSA) is 35.2 Å². The van der Waals surface area contributed by atoms with Crippen LogP contribution in [0.25, 0.3) is 0 Å². The van der Waals surface area contributed by atoms with E-state index in [9.17, 15) is 0 Å². The van der Waals surface area contributed by atoms with Crippen molar-refractivity contribution in [3.05, 3.63) is 29.8 Å². The van der Waals surface area contributed by atoms with Crippen molar-refractivity contribution in [3.8, 4) is 5.75 Å². The SMILES string of the molecule is COc1ccc(C(C)C(C)CCN)cc1. The lowest BCUT2D eigenvalue weighted by atomic mass is 9.87. The Morgan fingerprint density at radius 1 is 1.20 bits per heavy atom. The molecule has 0 aromatic heterocycles. The smallest absolute Gasteiger partial charge is 0.118 e. The second-order valence-corrected chi connectivity index (χ2v) is 4.12. The Morgan fingerprint density at radius 2 is 1.80 bits per heavy atom. The number of methoxy groups -OCH3 is 1. The lowest BCUT2D eigenvalue weighted by molar-refractivity contribution is 0.413. The molecule has 0 radical (unpaired) electrons. The van der Waals surface area contributed by atoms with E-state index in [1.165, 1.54) is 5.56 Å². The number of rotatable bonds is 5. The predicted octanol–water partition coefficient (Wildman–Crippen LogP) is 2.78. The maximum absolute atomic E-state index is 5.57. The average molecular weight is 207 g/mol. The van der Waals surface area contributed by atoms with E-state index in [1.807, 2.05) is 12.1 Å². The molecule has 0 aliphatic rings. The Bertz CT molecular complexity index is 281. The molecule has 0 spiro atoms. The fraction of sp³-hybridized carbons (Fsp3) is 0.538. The first-order valence-electron chi connectivity index (χ1n) is 5.53. The van der Waals surface area contributed by atoms with Crippen molar-refractivity contribution < 1.29 is 4.74 Å². The van der Waals surface area contributed by atoms with E-state index in [0.717, 1.165) is 18.7 Å². The van der Waals surface area contributed by atoms with Crippen molar-refractivity contribution in [2.24, 2.45) is 11.7 Å². The summed E-state index contributed by atoms with van der Waals surface area (Å²) in [5.41, 5.74) is 6.93. The van der Waals surface area contributed by atoms with Crippen LogP contribution in [0.2, 0.25) is 0 Å². The van der Waals surface area contributed by atoms with E-state index in [1.54, 1.807) is 7.11 Å². The van der Waals surface area contributed by atoms with Crippen LogP contribution >= 0.6 is 0 Å². The molecular weight excluding hydrogens is 186 g/mol. The van der Waals surface area contributed by atoms with Crippen LogP contribution in [0.4, 0.5) is 0 Å². The zero-order chi connectivity index (χ0) is 11.3. The third-order valence-electron chi connectivity index (χ3n) is 3.12. The van der Waals surface area contributed by atoms with Gasteiger partial charge in [-0.1, -0.05) is 26.0 Å². The average Bonchev–Trinajstić information content (AvgIpc) is 2.28. The highest BCUT2D eigenvalue weighted by atomic mass is 16.5. The third-order valence-corrected chi connectivity index (χ3v) is 3.12. The van der Waals surface area contributed by atoms with Gasteiger partial charge < -0.3 is 10.5 Å². The molecule has 1 rings (SSSR count). The highest BCUT2D eigenvalue weighted by molar-refractivity contribution is 5.29. The predicted molar refractivity (Wildman–Crippen MR) is 64.2 cm³/mol. The second kappa shape index (κ2) is 5.76. The quantitative estimate of drug-likeness (QED) is 0.805. The van der Waals surface area contributed by atoms with Crippen molar-refractivity contribution in [2.75, 3.05) is 13.7 Å². The molecule has 0 saturated heterocycles. The zero-order valence-electron chi connectivity index (χ0n) is 9.86. The van der Waals surface area contributed by atoms with Crippen LogP contribution in [0.3, 0.4) is 0 Å². The van der Waals surface area contributed by atoms with Gasteiger partial charge in [0, 0.05) is 0 Å². The molecular formula is C13H21NO. The van der Waals surface area contributed by atoms with Crippen molar-refractivity contribution in [2.45, 2.75) is 26.2 Å². The van der Waals surface area contributed by atoms with E-state index in [-0.39, 0.29) is 0 Å². The van der Waals surface area contributed by atoms with Crippen LogP contribution in [-0.4, -0.2) is 13.7 Å². The molecule has 84 valence electrons. The largest absolute Gasteiger partial charge is 0.497 e.